The Morgan fingerprint density at radius 2 is 2.14 bits per heavy atom. The molecule has 2 heterocycles. The minimum absolute atomic E-state index is 0.241. The normalized spacial score (nSPS) is 12.1. The predicted molar refractivity (Wildman–Crippen MR) is 73.3 cm³/mol. The van der Waals surface area contributed by atoms with Crippen molar-refractivity contribution in [1.82, 2.24) is 9.97 Å². The number of nitrogens with one attached hydrogen (secondary N) is 1. The SMILES string of the molecule is COc1c(NN)ncnc1OCc1ccc2c(c1)OCO2. The maximum atomic E-state index is 5.65. The van der Waals surface area contributed by atoms with Crippen LogP contribution in [0.1, 0.15) is 5.56 Å². The summed E-state index contributed by atoms with van der Waals surface area (Å²) in [7, 11) is 1.49. The molecule has 1 aliphatic heterocycles. The van der Waals surface area contributed by atoms with E-state index in [2.05, 4.69) is 15.4 Å². The molecule has 21 heavy (non-hydrogen) atoms. The fraction of sp³-hybridized carbons (Fsp3) is 0.231. The minimum atomic E-state index is 0.241. The van der Waals surface area contributed by atoms with Crippen molar-refractivity contribution in [3.63, 3.8) is 0 Å². The highest BCUT2D eigenvalue weighted by molar-refractivity contribution is 5.54. The molecule has 0 atom stereocenters. The minimum Gasteiger partial charge on any atom is -0.489 e. The summed E-state index contributed by atoms with van der Waals surface area (Å²) in [6.45, 7) is 0.541. The van der Waals surface area contributed by atoms with E-state index in [0.29, 0.717) is 29.8 Å². The number of anilines is 1. The first-order valence-electron chi connectivity index (χ1n) is 6.18. The van der Waals surface area contributed by atoms with E-state index in [-0.39, 0.29) is 6.79 Å². The highest BCUT2D eigenvalue weighted by Gasteiger charge is 2.15. The molecule has 0 aliphatic carbocycles. The lowest BCUT2D eigenvalue weighted by atomic mass is 10.2. The molecule has 3 N–H and O–H groups in total. The monoisotopic (exact) mass is 290 g/mol. The third-order valence-corrected chi connectivity index (χ3v) is 2.92. The first-order valence-corrected chi connectivity index (χ1v) is 6.18. The zero-order chi connectivity index (χ0) is 14.7. The Balaban J connectivity index is 1.76. The molecule has 110 valence electrons. The van der Waals surface area contributed by atoms with Gasteiger partial charge in [0.05, 0.1) is 7.11 Å². The summed E-state index contributed by atoms with van der Waals surface area (Å²) in [6.07, 6.45) is 1.34. The van der Waals surface area contributed by atoms with Crippen LogP contribution in [0, 0.1) is 0 Å². The number of hydrogen-bond donors (Lipinski definition) is 2. The molecule has 2 aromatic rings. The van der Waals surface area contributed by atoms with Gasteiger partial charge in [-0.05, 0) is 17.7 Å². The van der Waals surface area contributed by atoms with E-state index in [0.717, 1.165) is 11.3 Å². The summed E-state index contributed by atoms with van der Waals surface area (Å²) in [5.74, 6) is 7.80. The van der Waals surface area contributed by atoms with E-state index in [9.17, 15) is 0 Å². The second-order valence-corrected chi connectivity index (χ2v) is 4.18. The Kier molecular flexibility index (Phi) is 3.61. The van der Waals surface area contributed by atoms with Gasteiger partial charge in [0.15, 0.2) is 17.3 Å². The number of nitrogens with zero attached hydrogens (tertiary/aromatic N) is 2. The van der Waals surface area contributed by atoms with Crippen molar-refractivity contribution in [3.8, 4) is 23.1 Å². The number of nitrogens with two attached hydrogens (primary N) is 1. The van der Waals surface area contributed by atoms with Gasteiger partial charge in [0.25, 0.3) is 5.88 Å². The number of fused-ring (bicyclic) bond motifs is 1. The quantitative estimate of drug-likeness (QED) is 0.623. The van der Waals surface area contributed by atoms with Gasteiger partial charge in [-0.2, -0.15) is 4.98 Å². The Labute approximate surface area is 120 Å². The molecule has 3 rings (SSSR count). The number of benzene rings is 1. The van der Waals surface area contributed by atoms with Gasteiger partial charge in [-0.15, -0.1) is 0 Å². The van der Waals surface area contributed by atoms with Crippen LogP contribution in [0.4, 0.5) is 5.82 Å². The van der Waals surface area contributed by atoms with Crippen LogP contribution in [-0.2, 0) is 6.61 Å². The summed E-state index contributed by atoms with van der Waals surface area (Å²) in [5.41, 5.74) is 3.35. The third kappa shape index (κ3) is 2.61. The van der Waals surface area contributed by atoms with Crippen molar-refractivity contribution in [2.45, 2.75) is 6.61 Å². The van der Waals surface area contributed by atoms with E-state index in [1.165, 1.54) is 13.4 Å². The molecule has 1 aliphatic rings. The van der Waals surface area contributed by atoms with E-state index in [1.807, 2.05) is 18.2 Å². The van der Waals surface area contributed by atoms with E-state index in [4.69, 9.17) is 24.8 Å². The summed E-state index contributed by atoms with van der Waals surface area (Å²) in [6, 6.07) is 5.59. The van der Waals surface area contributed by atoms with Crippen molar-refractivity contribution < 1.29 is 18.9 Å². The maximum absolute atomic E-state index is 5.65. The number of methoxy groups -OCH3 is 1. The van der Waals surface area contributed by atoms with Crippen LogP contribution >= 0.6 is 0 Å². The van der Waals surface area contributed by atoms with Gasteiger partial charge >= 0.3 is 0 Å². The summed E-state index contributed by atoms with van der Waals surface area (Å²) >= 11 is 0. The Morgan fingerprint density at radius 3 is 2.95 bits per heavy atom. The van der Waals surface area contributed by atoms with Crippen molar-refractivity contribution in [2.75, 3.05) is 19.3 Å². The molecule has 1 aromatic carbocycles. The molecule has 8 heteroatoms. The van der Waals surface area contributed by atoms with Gasteiger partial charge in [-0.25, -0.2) is 10.8 Å². The lowest BCUT2D eigenvalue weighted by Gasteiger charge is -2.12. The second-order valence-electron chi connectivity index (χ2n) is 4.18. The van der Waals surface area contributed by atoms with Gasteiger partial charge in [0, 0.05) is 0 Å². The van der Waals surface area contributed by atoms with Crippen molar-refractivity contribution in [3.05, 3.63) is 30.1 Å². The first kappa shape index (κ1) is 13.3. The van der Waals surface area contributed by atoms with Crippen LogP contribution in [0.5, 0.6) is 23.1 Å². The highest BCUT2D eigenvalue weighted by Crippen LogP contribution is 2.34. The summed E-state index contributed by atoms with van der Waals surface area (Å²) in [5, 5.41) is 0. The van der Waals surface area contributed by atoms with Gasteiger partial charge in [-0.1, -0.05) is 6.07 Å². The fourth-order valence-corrected chi connectivity index (χ4v) is 1.93. The van der Waals surface area contributed by atoms with Crippen LogP contribution in [0.2, 0.25) is 0 Å². The zero-order valence-corrected chi connectivity index (χ0v) is 11.3. The molecule has 0 amide bonds. The fourth-order valence-electron chi connectivity index (χ4n) is 1.93. The van der Waals surface area contributed by atoms with Crippen LogP contribution in [-0.4, -0.2) is 23.9 Å². The van der Waals surface area contributed by atoms with Gasteiger partial charge in [0.1, 0.15) is 12.9 Å². The molecule has 0 saturated carbocycles. The largest absolute Gasteiger partial charge is 0.489 e. The van der Waals surface area contributed by atoms with Gasteiger partial charge in [0.2, 0.25) is 12.5 Å². The predicted octanol–water partition coefficient (Wildman–Crippen LogP) is 1.08. The lowest BCUT2D eigenvalue weighted by molar-refractivity contribution is 0.174. The Hall–Kier alpha value is -2.74. The Bertz CT molecular complexity index is 650. The number of aromatic nitrogens is 2. The van der Waals surface area contributed by atoms with E-state index < -0.39 is 0 Å². The molecule has 0 radical (unpaired) electrons. The van der Waals surface area contributed by atoms with Crippen LogP contribution in [0.25, 0.3) is 0 Å². The number of hydrogen-bond acceptors (Lipinski definition) is 8. The molecule has 0 bridgehead atoms. The molecule has 1 aromatic heterocycles. The van der Waals surface area contributed by atoms with Crippen LogP contribution in [0.15, 0.2) is 24.5 Å². The van der Waals surface area contributed by atoms with Crippen molar-refractivity contribution in [2.24, 2.45) is 5.84 Å². The molecule has 0 fully saturated rings. The standard InChI is InChI=1S/C13H14N4O4/c1-18-11-12(17-14)15-6-16-13(11)19-5-8-2-3-9-10(4-8)21-7-20-9/h2-4,6H,5,7,14H2,1H3,(H,15,16,17). The van der Waals surface area contributed by atoms with Gasteiger partial charge in [-0.3, -0.25) is 0 Å². The van der Waals surface area contributed by atoms with Crippen LogP contribution < -0.4 is 30.2 Å². The third-order valence-electron chi connectivity index (χ3n) is 2.92. The smallest absolute Gasteiger partial charge is 0.262 e. The molecule has 0 spiro atoms. The summed E-state index contributed by atoms with van der Waals surface area (Å²) < 4.78 is 21.4. The Morgan fingerprint density at radius 1 is 1.29 bits per heavy atom. The second kappa shape index (κ2) is 5.71. The topological polar surface area (TPSA) is 101 Å². The lowest BCUT2D eigenvalue weighted by Crippen LogP contribution is -2.11. The van der Waals surface area contributed by atoms with Crippen LogP contribution in [0.3, 0.4) is 0 Å². The summed E-state index contributed by atoms with van der Waals surface area (Å²) in [4.78, 5) is 7.98. The van der Waals surface area contributed by atoms with E-state index in [1.54, 1.807) is 0 Å². The number of hydrazine groups is 1. The highest BCUT2D eigenvalue weighted by atomic mass is 16.7. The zero-order valence-electron chi connectivity index (χ0n) is 11.3. The van der Waals surface area contributed by atoms with Crippen molar-refractivity contribution in [1.29, 1.82) is 0 Å². The molecule has 0 unspecified atom stereocenters. The van der Waals surface area contributed by atoms with E-state index >= 15 is 0 Å². The maximum Gasteiger partial charge on any atom is 0.262 e. The molecule has 0 saturated heterocycles. The molecule has 8 nitrogen and oxygen atoms in total. The number of rotatable bonds is 5. The number of nitrogen functional groups attached to an aromatic ring is 1. The van der Waals surface area contributed by atoms with Gasteiger partial charge < -0.3 is 24.4 Å². The molecular formula is C13H14N4O4. The average Bonchev–Trinajstić information content (AvgIpc) is 2.99. The number of ether oxygens (including phenoxy) is 4. The molecular weight excluding hydrogens is 276 g/mol. The first-order chi connectivity index (χ1) is 10.3. The average molecular weight is 290 g/mol. The van der Waals surface area contributed by atoms with Crippen molar-refractivity contribution >= 4 is 5.82 Å².